The summed E-state index contributed by atoms with van der Waals surface area (Å²) < 4.78 is 30.4. The molecule has 0 aliphatic rings. The fraction of sp³-hybridized carbons (Fsp3) is 0.250. The van der Waals surface area contributed by atoms with Crippen molar-refractivity contribution < 1.29 is 17.9 Å². The average molecular weight is 358 g/mol. The van der Waals surface area contributed by atoms with Crippen molar-refractivity contribution >= 4 is 16.1 Å². The summed E-state index contributed by atoms with van der Waals surface area (Å²) in [6.45, 7) is 3.83. The Kier molecular flexibility index (Phi) is 6.28. The lowest BCUT2D eigenvalue weighted by Crippen LogP contribution is -2.32. The highest BCUT2D eigenvalue weighted by atomic mass is 32.2. The quantitative estimate of drug-likeness (QED) is 0.674. The summed E-state index contributed by atoms with van der Waals surface area (Å²) in [6.07, 6.45) is 1.47. The highest BCUT2D eigenvalue weighted by Crippen LogP contribution is 2.26. The van der Waals surface area contributed by atoms with E-state index in [4.69, 9.17) is 4.74 Å². The molecule has 25 heavy (non-hydrogen) atoms. The molecule has 0 aromatic heterocycles. The van der Waals surface area contributed by atoms with Crippen molar-refractivity contribution in [3.63, 3.8) is 0 Å². The van der Waals surface area contributed by atoms with Crippen molar-refractivity contribution in [1.82, 2.24) is 0 Å². The van der Waals surface area contributed by atoms with Crippen molar-refractivity contribution in [2.24, 2.45) is 5.41 Å². The van der Waals surface area contributed by atoms with Gasteiger partial charge in [-0.05, 0) is 17.7 Å². The number of aldehydes is 1. The molecule has 0 saturated carbocycles. The van der Waals surface area contributed by atoms with Crippen LogP contribution in [-0.2, 0) is 26.0 Å². The van der Waals surface area contributed by atoms with Crippen LogP contribution in [0.25, 0.3) is 0 Å². The first-order valence-corrected chi connectivity index (χ1v) is 9.50. The molecule has 5 heteroatoms. The van der Waals surface area contributed by atoms with Crippen LogP contribution in [0.1, 0.15) is 19.4 Å². The minimum atomic E-state index is -3.55. The Hall–Kier alpha value is -2.24. The number of rotatable bonds is 8. The summed E-state index contributed by atoms with van der Waals surface area (Å²) in [7, 11) is -3.55. The van der Waals surface area contributed by atoms with Gasteiger partial charge >= 0.3 is 0 Å². The molecule has 0 unspecified atom stereocenters. The molecule has 2 rings (SSSR count). The predicted molar refractivity (Wildman–Crippen MR) is 97.6 cm³/mol. The van der Waals surface area contributed by atoms with E-state index in [2.05, 4.69) is 0 Å². The van der Waals surface area contributed by atoms with Crippen LogP contribution in [0.15, 0.2) is 77.0 Å². The highest BCUT2D eigenvalue weighted by molar-refractivity contribution is 7.94. The molecule has 132 valence electrons. The predicted octanol–water partition coefficient (Wildman–Crippen LogP) is 3.78. The van der Waals surface area contributed by atoms with Gasteiger partial charge in [0.15, 0.2) is 9.84 Å². The number of benzene rings is 2. The molecule has 0 fully saturated rings. The molecule has 0 saturated heterocycles. The summed E-state index contributed by atoms with van der Waals surface area (Å²) in [5.41, 5.74) is 0.185. The number of carbonyl (C=O) groups is 1. The van der Waals surface area contributed by atoms with Gasteiger partial charge in [-0.3, -0.25) is 0 Å². The second kappa shape index (κ2) is 8.23. The zero-order chi connectivity index (χ0) is 18.3. The lowest BCUT2D eigenvalue weighted by atomic mass is 9.87. The Morgan fingerprint density at radius 2 is 1.56 bits per heavy atom. The van der Waals surface area contributed by atoms with Crippen LogP contribution >= 0.6 is 0 Å². The fourth-order valence-electron chi connectivity index (χ4n) is 2.24. The second-order valence-corrected chi connectivity index (χ2v) is 8.17. The highest BCUT2D eigenvalue weighted by Gasteiger charge is 2.28. The number of ether oxygens (including phenoxy) is 1. The second-order valence-electron chi connectivity index (χ2n) is 6.34. The van der Waals surface area contributed by atoms with Gasteiger partial charge in [0, 0.05) is 10.8 Å². The third-order valence-electron chi connectivity index (χ3n) is 3.88. The summed E-state index contributed by atoms with van der Waals surface area (Å²) in [5, 5.41) is 1.14. The van der Waals surface area contributed by atoms with E-state index in [9.17, 15) is 13.2 Å². The van der Waals surface area contributed by atoms with Gasteiger partial charge in [-0.2, -0.15) is 0 Å². The van der Waals surface area contributed by atoms with E-state index in [0.29, 0.717) is 6.29 Å². The van der Waals surface area contributed by atoms with Gasteiger partial charge in [-0.15, -0.1) is 0 Å². The molecule has 2 aromatic carbocycles. The van der Waals surface area contributed by atoms with Crippen LogP contribution in [0, 0.1) is 5.41 Å². The first-order chi connectivity index (χ1) is 11.8. The molecule has 0 radical (unpaired) electrons. The number of carbonyl (C=O) groups excluding carboxylic acids is 1. The van der Waals surface area contributed by atoms with Crippen molar-refractivity contribution in [2.45, 2.75) is 31.5 Å². The van der Waals surface area contributed by atoms with Gasteiger partial charge in [-0.1, -0.05) is 68.5 Å². The maximum absolute atomic E-state index is 12.4. The van der Waals surface area contributed by atoms with Crippen molar-refractivity contribution in [3.05, 3.63) is 77.7 Å². The van der Waals surface area contributed by atoms with Gasteiger partial charge in [0.2, 0.25) is 0 Å². The zero-order valence-electron chi connectivity index (χ0n) is 14.3. The summed E-state index contributed by atoms with van der Waals surface area (Å²) in [5.74, 6) is 0. The van der Waals surface area contributed by atoms with Crippen LogP contribution in [0.5, 0.6) is 0 Å². The van der Waals surface area contributed by atoms with Gasteiger partial charge in [0.25, 0.3) is 0 Å². The summed E-state index contributed by atoms with van der Waals surface area (Å²) in [6, 6.07) is 17.7. The zero-order valence-corrected chi connectivity index (χ0v) is 15.1. The summed E-state index contributed by atoms with van der Waals surface area (Å²) in [4.78, 5) is 11.7. The largest absolute Gasteiger partial charge is 0.365 e. The van der Waals surface area contributed by atoms with E-state index in [1.54, 1.807) is 32.0 Å². The molecule has 0 spiro atoms. The molecule has 2 aromatic rings. The average Bonchev–Trinajstić information content (AvgIpc) is 2.62. The molecular weight excluding hydrogens is 336 g/mol. The molecule has 0 heterocycles. The molecule has 0 N–H and O–H groups in total. The first kappa shape index (κ1) is 19.1. The maximum Gasteiger partial charge on any atom is 0.199 e. The molecule has 0 amide bonds. The van der Waals surface area contributed by atoms with E-state index >= 15 is 0 Å². The van der Waals surface area contributed by atoms with Crippen molar-refractivity contribution in [2.75, 3.05) is 0 Å². The third-order valence-corrected chi connectivity index (χ3v) is 5.30. The molecule has 0 aliphatic carbocycles. The third kappa shape index (κ3) is 5.37. The van der Waals surface area contributed by atoms with Crippen LogP contribution in [0.2, 0.25) is 0 Å². The standard InChI is InChI=1S/C20H22O4S/c1-20(2,13-14-25(22,23)18-11-7-4-8-12-18)19(15-21)24-16-17-9-5-3-6-10-17/h3-15,19H,16H2,1-2H3/b14-13+/t19-/m0/s1. The molecule has 1 atom stereocenters. The fourth-order valence-corrected chi connectivity index (χ4v) is 3.46. The monoisotopic (exact) mass is 358 g/mol. The first-order valence-electron chi connectivity index (χ1n) is 7.95. The van der Waals surface area contributed by atoms with E-state index < -0.39 is 21.4 Å². The maximum atomic E-state index is 12.4. The van der Waals surface area contributed by atoms with Crippen molar-refractivity contribution in [3.8, 4) is 0 Å². The SMILES string of the molecule is CC(C)(/C=C/S(=O)(=O)c1ccccc1)[C@H](C=O)OCc1ccccc1. The minimum absolute atomic E-state index is 0.218. The number of hydrogen-bond donors (Lipinski definition) is 0. The Morgan fingerprint density at radius 1 is 1.00 bits per heavy atom. The van der Waals surface area contributed by atoms with E-state index in [0.717, 1.165) is 11.0 Å². The molecular formula is C20H22O4S. The van der Waals surface area contributed by atoms with Gasteiger partial charge in [-0.25, -0.2) is 8.42 Å². The Balaban J connectivity index is 2.11. The normalized spacial score (nSPS) is 13.7. The number of sulfone groups is 1. The van der Waals surface area contributed by atoms with Crippen molar-refractivity contribution in [1.29, 1.82) is 0 Å². The minimum Gasteiger partial charge on any atom is -0.365 e. The van der Waals surface area contributed by atoms with E-state index in [1.807, 2.05) is 30.3 Å². The molecule has 0 aliphatic heterocycles. The van der Waals surface area contributed by atoms with Gasteiger partial charge in [0.1, 0.15) is 12.4 Å². The van der Waals surface area contributed by atoms with Gasteiger partial charge in [0.05, 0.1) is 11.5 Å². The number of hydrogen-bond acceptors (Lipinski definition) is 4. The molecule has 4 nitrogen and oxygen atoms in total. The van der Waals surface area contributed by atoms with Crippen LogP contribution < -0.4 is 0 Å². The summed E-state index contributed by atoms with van der Waals surface area (Å²) >= 11 is 0. The Labute approximate surface area is 149 Å². The molecule has 0 bridgehead atoms. The lowest BCUT2D eigenvalue weighted by molar-refractivity contribution is -0.124. The van der Waals surface area contributed by atoms with E-state index in [1.165, 1.54) is 18.2 Å². The van der Waals surface area contributed by atoms with Crippen LogP contribution in [0.3, 0.4) is 0 Å². The Bertz CT molecular complexity index is 809. The van der Waals surface area contributed by atoms with Crippen LogP contribution in [0.4, 0.5) is 0 Å². The topological polar surface area (TPSA) is 60.4 Å². The van der Waals surface area contributed by atoms with Crippen LogP contribution in [-0.4, -0.2) is 20.8 Å². The lowest BCUT2D eigenvalue weighted by Gasteiger charge is -2.27. The van der Waals surface area contributed by atoms with Gasteiger partial charge < -0.3 is 9.53 Å². The van der Waals surface area contributed by atoms with E-state index in [-0.39, 0.29) is 11.5 Å². The smallest absolute Gasteiger partial charge is 0.199 e. The Morgan fingerprint density at radius 3 is 2.12 bits per heavy atom.